The molecule has 3 nitrogen and oxygen atoms in total. The molecular formula is C17H24O3S. The second-order valence-electron chi connectivity index (χ2n) is 5.15. The highest BCUT2D eigenvalue weighted by molar-refractivity contribution is 7.86. The van der Waals surface area contributed by atoms with Gasteiger partial charge in [0.1, 0.15) is 11.0 Å². The van der Waals surface area contributed by atoms with E-state index in [0.717, 1.165) is 18.4 Å². The van der Waals surface area contributed by atoms with E-state index in [1.807, 2.05) is 6.92 Å². The average molecular weight is 308 g/mol. The van der Waals surface area contributed by atoms with E-state index in [4.69, 9.17) is 4.18 Å². The van der Waals surface area contributed by atoms with Gasteiger partial charge in [0, 0.05) is 6.42 Å². The molecule has 0 spiro atoms. The summed E-state index contributed by atoms with van der Waals surface area (Å²) in [4.78, 5) is 0.141. The zero-order chi connectivity index (χ0) is 15.6. The molecule has 1 aromatic carbocycles. The minimum atomic E-state index is -3.76. The zero-order valence-corrected chi connectivity index (χ0v) is 13.7. The summed E-state index contributed by atoms with van der Waals surface area (Å²) in [5.41, 5.74) is 1.00. The van der Waals surface area contributed by atoms with E-state index in [-0.39, 0.29) is 4.90 Å². The minimum Gasteiger partial charge on any atom is -0.324 e. The Labute approximate surface area is 128 Å². The van der Waals surface area contributed by atoms with Crippen molar-refractivity contribution < 1.29 is 12.6 Å². The molecule has 0 saturated carbocycles. The second-order valence-corrected chi connectivity index (χ2v) is 6.69. The molecule has 1 aromatic rings. The molecular weight excluding hydrogens is 284 g/mol. The number of benzene rings is 1. The lowest BCUT2D eigenvalue weighted by molar-refractivity contribution is 0.465. The maximum atomic E-state index is 11.8. The van der Waals surface area contributed by atoms with Crippen molar-refractivity contribution in [3.63, 3.8) is 0 Å². The lowest BCUT2D eigenvalue weighted by Gasteiger charge is -2.00. The Bertz CT molecular complexity index is 562. The smallest absolute Gasteiger partial charge is 0.324 e. The molecule has 0 aliphatic carbocycles. The SMILES string of the molecule is CCCCCCCCC#COS(=O)(=O)c1ccc(C)cc1. The van der Waals surface area contributed by atoms with Crippen LogP contribution in [0.2, 0.25) is 0 Å². The highest BCUT2D eigenvalue weighted by Gasteiger charge is 2.13. The third-order valence-electron chi connectivity index (χ3n) is 3.19. The molecule has 21 heavy (non-hydrogen) atoms. The lowest BCUT2D eigenvalue weighted by Crippen LogP contribution is -2.02. The number of hydrogen-bond donors (Lipinski definition) is 0. The van der Waals surface area contributed by atoms with Crippen molar-refractivity contribution in [3.05, 3.63) is 29.8 Å². The van der Waals surface area contributed by atoms with Crippen molar-refractivity contribution in [1.29, 1.82) is 0 Å². The molecule has 0 atom stereocenters. The fourth-order valence-electron chi connectivity index (χ4n) is 1.88. The Hall–Kier alpha value is -1.47. The van der Waals surface area contributed by atoms with E-state index in [0.29, 0.717) is 6.42 Å². The molecule has 0 radical (unpaired) electrons. The van der Waals surface area contributed by atoms with Crippen LogP contribution in [0.15, 0.2) is 29.2 Å². The van der Waals surface area contributed by atoms with E-state index in [9.17, 15) is 8.42 Å². The van der Waals surface area contributed by atoms with Gasteiger partial charge in [0.15, 0.2) is 0 Å². The molecule has 4 heteroatoms. The Morgan fingerprint density at radius 3 is 2.29 bits per heavy atom. The molecule has 0 saturated heterocycles. The van der Waals surface area contributed by atoms with Gasteiger partial charge < -0.3 is 4.18 Å². The van der Waals surface area contributed by atoms with Crippen LogP contribution in [0.1, 0.15) is 57.4 Å². The van der Waals surface area contributed by atoms with Crippen LogP contribution < -0.4 is 0 Å². The first-order valence-electron chi connectivity index (χ1n) is 7.54. The molecule has 0 aliphatic heterocycles. The van der Waals surface area contributed by atoms with E-state index < -0.39 is 10.1 Å². The first-order valence-corrected chi connectivity index (χ1v) is 8.95. The van der Waals surface area contributed by atoms with Gasteiger partial charge in [-0.1, -0.05) is 62.6 Å². The minimum absolute atomic E-state index is 0.141. The van der Waals surface area contributed by atoms with Gasteiger partial charge in [0.05, 0.1) is 0 Å². The summed E-state index contributed by atoms with van der Waals surface area (Å²) in [7, 11) is -3.76. The summed E-state index contributed by atoms with van der Waals surface area (Å²) in [6.07, 6.45) is 10.1. The first-order chi connectivity index (χ1) is 10.1. The summed E-state index contributed by atoms with van der Waals surface area (Å²) >= 11 is 0. The van der Waals surface area contributed by atoms with Crippen LogP contribution >= 0.6 is 0 Å². The largest absolute Gasteiger partial charge is 0.347 e. The maximum absolute atomic E-state index is 11.8. The third-order valence-corrected chi connectivity index (χ3v) is 4.34. The standard InChI is InChI=1S/C17H24O3S/c1-3-4-5-6-7-8-9-10-15-20-21(18,19)17-13-11-16(2)12-14-17/h11-14H,3-9H2,1-2H3. The predicted molar refractivity (Wildman–Crippen MR) is 85.2 cm³/mol. The molecule has 0 fully saturated rings. The number of rotatable bonds is 8. The fourth-order valence-corrected chi connectivity index (χ4v) is 2.62. The molecule has 0 bridgehead atoms. The van der Waals surface area contributed by atoms with Gasteiger partial charge in [-0.05, 0) is 25.5 Å². The van der Waals surface area contributed by atoms with Gasteiger partial charge in [-0.15, -0.1) is 0 Å². The molecule has 0 heterocycles. The highest BCUT2D eigenvalue weighted by Crippen LogP contribution is 2.12. The molecule has 0 N–H and O–H groups in total. The van der Waals surface area contributed by atoms with Gasteiger partial charge in [-0.2, -0.15) is 8.42 Å². The van der Waals surface area contributed by atoms with Crippen molar-refractivity contribution in [2.75, 3.05) is 0 Å². The second kappa shape index (κ2) is 9.46. The third kappa shape index (κ3) is 7.19. The van der Waals surface area contributed by atoms with Crippen molar-refractivity contribution in [2.24, 2.45) is 0 Å². The van der Waals surface area contributed by atoms with Crippen LogP contribution in [0.4, 0.5) is 0 Å². The Morgan fingerprint density at radius 1 is 1.00 bits per heavy atom. The molecule has 0 amide bonds. The van der Waals surface area contributed by atoms with Crippen LogP contribution in [0.5, 0.6) is 0 Å². The zero-order valence-electron chi connectivity index (χ0n) is 12.9. The Kier molecular flexibility index (Phi) is 7.92. The van der Waals surface area contributed by atoms with Gasteiger partial charge in [0.25, 0.3) is 0 Å². The van der Waals surface area contributed by atoms with Crippen molar-refractivity contribution >= 4 is 10.1 Å². The fraction of sp³-hybridized carbons (Fsp3) is 0.529. The van der Waals surface area contributed by atoms with Crippen LogP contribution in [0, 0.1) is 19.0 Å². The van der Waals surface area contributed by atoms with Crippen LogP contribution in [-0.2, 0) is 14.3 Å². The molecule has 0 unspecified atom stereocenters. The van der Waals surface area contributed by atoms with Gasteiger partial charge >= 0.3 is 10.1 Å². The molecule has 0 aliphatic rings. The topological polar surface area (TPSA) is 43.4 Å². The number of hydrogen-bond acceptors (Lipinski definition) is 3. The van der Waals surface area contributed by atoms with E-state index in [1.165, 1.54) is 37.8 Å². The van der Waals surface area contributed by atoms with Crippen LogP contribution in [0.25, 0.3) is 0 Å². The summed E-state index contributed by atoms with van der Waals surface area (Å²) in [6, 6.07) is 6.53. The number of unbranched alkanes of at least 4 members (excludes halogenated alkanes) is 6. The lowest BCUT2D eigenvalue weighted by atomic mass is 10.1. The van der Waals surface area contributed by atoms with E-state index in [1.54, 1.807) is 12.1 Å². The van der Waals surface area contributed by atoms with E-state index >= 15 is 0 Å². The quantitative estimate of drug-likeness (QED) is 0.406. The van der Waals surface area contributed by atoms with Crippen molar-refractivity contribution in [3.8, 4) is 12.0 Å². The van der Waals surface area contributed by atoms with Crippen molar-refractivity contribution in [1.82, 2.24) is 0 Å². The molecule has 1 rings (SSSR count). The summed E-state index contributed by atoms with van der Waals surface area (Å²) in [5, 5.41) is 0. The summed E-state index contributed by atoms with van der Waals surface area (Å²) < 4.78 is 28.4. The number of aryl methyl sites for hydroxylation is 1. The monoisotopic (exact) mass is 308 g/mol. The Morgan fingerprint density at radius 2 is 1.62 bits per heavy atom. The summed E-state index contributed by atoms with van der Waals surface area (Å²) in [6.45, 7) is 4.09. The van der Waals surface area contributed by atoms with Gasteiger partial charge in [0.2, 0.25) is 0 Å². The normalized spacial score (nSPS) is 10.8. The molecule has 116 valence electrons. The van der Waals surface area contributed by atoms with Gasteiger partial charge in [-0.3, -0.25) is 0 Å². The predicted octanol–water partition coefficient (Wildman–Crippen LogP) is 4.41. The highest BCUT2D eigenvalue weighted by atomic mass is 32.2. The van der Waals surface area contributed by atoms with Gasteiger partial charge in [-0.25, -0.2) is 0 Å². The van der Waals surface area contributed by atoms with Crippen molar-refractivity contribution in [2.45, 2.75) is 63.7 Å². The van der Waals surface area contributed by atoms with E-state index in [2.05, 4.69) is 19.0 Å². The maximum Gasteiger partial charge on any atom is 0.347 e. The summed E-state index contributed by atoms with van der Waals surface area (Å²) in [5.74, 6) is 2.76. The first kappa shape index (κ1) is 17.6. The van der Waals surface area contributed by atoms with Crippen LogP contribution in [-0.4, -0.2) is 8.42 Å². The Balaban J connectivity index is 2.31. The van der Waals surface area contributed by atoms with Crippen LogP contribution in [0.3, 0.4) is 0 Å². The average Bonchev–Trinajstić information content (AvgIpc) is 2.46. The molecule has 0 aromatic heterocycles.